The highest BCUT2D eigenvalue weighted by molar-refractivity contribution is 4.84. The summed E-state index contributed by atoms with van der Waals surface area (Å²) in [7, 11) is 0. The molecule has 3 N–H and O–H groups in total. The van der Waals surface area contributed by atoms with Gasteiger partial charge in [0, 0.05) is 12.1 Å². The summed E-state index contributed by atoms with van der Waals surface area (Å²) in [6.07, 6.45) is 10.9. The van der Waals surface area contributed by atoms with Gasteiger partial charge in [0.2, 0.25) is 0 Å². The van der Waals surface area contributed by atoms with Crippen molar-refractivity contribution in [1.29, 1.82) is 0 Å². The Labute approximate surface area is 101 Å². The maximum atomic E-state index is 5.88. The molecule has 0 spiro atoms. The van der Waals surface area contributed by atoms with E-state index < -0.39 is 0 Å². The number of hydrogen-bond acceptors (Lipinski definition) is 2. The molecule has 1 atom stereocenters. The Morgan fingerprint density at radius 3 is 2.56 bits per heavy atom. The number of nitrogens with two attached hydrogens (primary N) is 1. The number of unbranched alkanes of at least 4 members (excludes halogenated alkanes) is 2. The zero-order valence-corrected chi connectivity index (χ0v) is 11.2. The number of rotatable bonds is 10. The minimum atomic E-state index is 0.179. The van der Waals surface area contributed by atoms with Gasteiger partial charge in [-0.1, -0.05) is 39.0 Å². The molecule has 1 aliphatic carbocycles. The Morgan fingerprint density at radius 1 is 1.25 bits per heavy atom. The lowest BCUT2D eigenvalue weighted by molar-refractivity contribution is 0.324. The molecule has 0 radical (unpaired) electrons. The molecule has 96 valence electrons. The van der Waals surface area contributed by atoms with Gasteiger partial charge in [0.15, 0.2) is 0 Å². The van der Waals surface area contributed by atoms with Gasteiger partial charge in [0.25, 0.3) is 0 Å². The Morgan fingerprint density at radius 2 is 2.00 bits per heavy atom. The van der Waals surface area contributed by atoms with Crippen LogP contribution in [0.2, 0.25) is 0 Å². The molecular weight excluding hydrogens is 196 g/mol. The number of hydrogen-bond donors (Lipinski definition) is 2. The molecule has 16 heavy (non-hydrogen) atoms. The molecule has 0 aromatic rings. The zero-order valence-electron chi connectivity index (χ0n) is 11.2. The molecule has 1 aliphatic rings. The first-order valence-corrected chi connectivity index (χ1v) is 7.15. The first-order chi connectivity index (χ1) is 7.70. The topological polar surface area (TPSA) is 38.0 Å². The average molecular weight is 226 g/mol. The third kappa shape index (κ3) is 5.86. The largest absolute Gasteiger partial charge is 0.329 e. The Hall–Kier alpha value is -0.0800. The van der Waals surface area contributed by atoms with E-state index in [0.29, 0.717) is 0 Å². The van der Waals surface area contributed by atoms with Crippen molar-refractivity contribution in [3.63, 3.8) is 0 Å². The molecular formula is C14H30N2. The molecule has 0 saturated heterocycles. The van der Waals surface area contributed by atoms with Crippen molar-refractivity contribution in [3.05, 3.63) is 0 Å². The Bertz CT molecular complexity index is 178. The second kappa shape index (κ2) is 7.29. The summed E-state index contributed by atoms with van der Waals surface area (Å²) in [6, 6.07) is 0. The predicted molar refractivity (Wildman–Crippen MR) is 71.6 cm³/mol. The van der Waals surface area contributed by atoms with Gasteiger partial charge >= 0.3 is 0 Å². The van der Waals surface area contributed by atoms with Crippen molar-refractivity contribution < 1.29 is 0 Å². The van der Waals surface area contributed by atoms with Crippen LogP contribution in [0, 0.1) is 5.92 Å². The van der Waals surface area contributed by atoms with Crippen LogP contribution in [0.15, 0.2) is 0 Å². The maximum Gasteiger partial charge on any atom is 0.0275 e. The third-order valence-corrected chi connectivity index (χ3v) is 3.82. The quantitative estimate of drug-likeness (QED) is 0.562. The fourth-order valence-electron chi connectivity index (χ4n) is 2.22. The van der Waals surface area contributed by atoms with Crippen LogP contribution in [0.1, 0.15) is 65.2 Å². The minimum absolute atomic E-state index is 0.179. The second-order valence-corrected chi connectivity index (χ2v) is 5.73. The van der Waals surface area contributed by atoms with Crippen molar-refractivity contribution >= 4 is 0 Å². The molecule has 1 unspecified atom stereocenters. The van der Waals surface area contributed by atoms with E-state index in [0.717, 1.165) is 19.0 Å². The predicted octanol–water partition coefficient (Wildman–Crippen LogP) is 3.06. The van der Waals surface area contributed by atoms with Crippen LogP contribution in [0.25, 0.3) is 0 Å². The fourth-order valence-corrected chi connectivity index (χ4v) is 2.22. The smallest absolute Gasteiger partial charge is 0.0275 e. The van der Waals surface area contributed by atoms with Crippen molar-refractivity contribution in [2.24, 2.45) is 11.7 Å². The molecule has 2 nitrogen and oxygen atoms in total. The summed E-state index contributed by atoms with van der Waals surface area (Å²) < 4.78 is 0. The summed E-state index contributed by atoms with van der Waals surface area (Å²) in [4.78, 5) is 0. The molecule has 0 bridgehead atoms. The first kappa shape index (κ1) is 14.0. The lowest BCUT2D eigenvalue weighted by Gasteiger charge is -2.29. The molecule has 0 aromatic heterocycles. The molecule has 2 heteroatoms. The van der Waals surface area contributed by atoms with Gasteiger partial charge < -0.3 is 11.1 Å². The first-order valence-electron chi connectivity index (χ1n) is 7.15. The van der Waals surface area contributed by atoms with Crippen LogP contribution >= 0.6 is 0 Å². The van der Waals surface area contributed by atoms with Crippen LogP contribution in [-0.4, -0.2) is 18.6 Å². The van der Waals surface area contributed by atoms with Crippen LogP contribution in [0.4, 0.5) is 0 Å². The average Bonchev–Trinajstić information content (AvgIpc) is 3.09. The summed E-state index contributed by atoms with van der Waals surface area (Å²) in [5, 5.41) is 3.66. The van der Waals surface area contributed by atoms with Gasteiger partial charge in [-0.2, -0.15) is 0 Å². The van der Waals surface area contributed by atoms with Crippen LogP contribution < -0.4 is 11.1 Å². The van der Waals surface area contributed by atoms with E-state index in [-0.39, 0.29) is 5.54 Å². The van der Waals surface area contributed by atoms with Crippen molar-refractivity contribution in [2.45, 2.75) is 70.8 Å². The van der Waals surface area contributed by atoms with Crippen molar-refractivity contribution in [2.75, 3.05) is 13.1 Å². The summed E-state index contributed by atoms with van der Waals surface area (Å²) in [6.45, 7) is 6.44. The summed E-state index contributed by atoms with van der Waals surface area (Å²) >= 11 is 0. The monoisotopic (exact) mass is 226 g/mol. The van der Waals surface area contributed by atoms with E-state index in [1.54, 1.807) is 0 Å². The van der Waals surface area contributed by atoms with Gasteiger partial charge in [-0.15, -0.1) is 0 Å². The van der Waals surface area contributed by atoms with Gasteiger partial charge in [-0.25, -0.2) is 0 Å². The van der Waals surface area contributed by atoms with Crippen LogP contribution in [0.3, 0.4) is 0 Å². The normalized spacial score (nSPS) is 19.7. The van der Waals surface area contributed by atoms with Gasteiger partial charge in [-0.05, 0) is 38.6 Å². The SMILES string of the molecule is CCCCCC(C)(CN)NCCCC1CC1. The van der Waals surface area contributed by atoms with Crippen LogP contribution in [0.5, 0.6) is 0 Å². The lowest BCUT2D eigenvalue weighted by Crippen LogP contribution is -2.48. The van der Waals surface area contributed by atoms with Gasteiger partial charge in [0.05, 0.1) is 0 Å². The zero-order chi connectivity index (χ0) is 11.9. The molecule has 1 saturated carbocycles. The van der Waals surface area contributed by atoms with E-state index in [9.17, 15) is 0 Å². The van der Waals surface area contributed by atoms with E-state index in [1.165, 1.54) is 51.4 Å². The fraction of sp³-hybridized carbons (Fsp3) is 1.00. The van der Waals surface area contributed by atoms with E-state index in [2.05, 4.69) is 19.2 Å². The van der Waals surface area contributed by atoms with Crippen molar-refractivity contribution in [1.82, 2.24) is 5.32 Å². The summed E-state index contributed by atoms with van der Waals surface area (Å²) in [5.41, 5.74) is 6.06. The van der Waals surface area contributed by atoms with E-state index in [1.807, 2.05) is 0 Å². The van der Waals surface area contributed by atoms with Crippen molar-refractivity contribution in [3.8, 4) is 0 Å². The second-order valence-electron chi connectivity index (χ2n) is 5.73. The molecule has 0 heterocycles. The molecule has 0 aliphatic heterocycles. The highest BCUT2D eigenvalue weighted by atomic mass is 15.0. The number of nitrogens with one attached hydrogen (secondary N) is 1. The van der Waals surface area contributed by atoms with Gasteiger partial charge in [-0.3, -0.25) is 0 Å². The Kier molecular flexibility index (Phi) is 6.37. The third-order valence-electron chi connectivity index (χ3n) is 3.82. The van der Waals surface area contributed by atoms with Gasteiger partial charge in [0.1, 0.15) is 0 Å². The Balaban J connectivity index is 2.06. The lowest BCUT2D eigenvalue weighted by atomic mass is 9.94. The maximum absolute atomic E-state index is 5.88. The molecule has 1 fully saturated rings. The minimum Gasteiger partial charge on any atom is -0.329 e. The molecule has 0 amide bonds. The highest BCUT2D eigenvalue weighted by Gasteiger charge is 2.22. The summed E-state index contributed by atoms with van der Waals surface area (Å²) in [5.74, 6) is 1.06. The highest BCUT2D eigenvalue weighted by Crippen LogP contribution is 2.33. The molecule has 1 rings (SSSR count). The van der Waals surface area contributed by atoms with E-state index in [4.69, 9.17) is 5.73 Å². The van der Waals surface area contributed by atoms with E-state index >= 15 is 0 Å². The van der Waals surface area contributed by atoms with Crippen LogP contribution in [-0.2, 0) is 0 Å². The molecule has 0 aromatic carbocycles. The standard InChI is InChI=1S/C14H30N2/c1-3-4-5-10-14(2,12-15)16-11-6-7-13-8-9-13/h13,16H,3-12,15H2,1-2H3.